The SMILES string of the molecule is O=C(/C=C/c1ccsc1)Nc1ccccc1-c1nc2ccccc2s1. The summed E-state index contributed by atoms with van der Waals surface area (Å²) in [5, 5.41) is 7.85. The van der Waals surface area contributed by atoms with E-state index in [0.717, 1.165) is 32.0 Å². The number of hydrogen-bond acceptors (Lipinski definition) is 4. The molecule has 2 heterocycles. The molecule has 0 spiro atoms. The maximum Gasteiger partial charge on any atom is 0.248 e. The molecule has 0 aliphatic carbocycles. The molecule has 0 aliphatic heterocycles. The predicted octanol–water partition coefficient (Wildman–Crippen LogP) is 5.68. The molecule has 0 fully saturated rings. The standard InChI is InChI=1S/C20H14N2OS2/c23-19(10-9-14-11-12-24-13-14)21-16-6-2-1-5-15(16)20-22-17-7-3-4-8-18(17)25-20/h1-13H,(H,21,23)/b10-9+. The zero-order valence-corrected chi connectivity index (χ0v) is 14.8. The monoisotopic (exact) mass is 362 g/mol. The van der Waals surface area contributed by atoms with Crippen LogP contribution in [0.15, 0.2) is 71.4 Å². The molecular formula is C20H14N2OS2. The van der Waals surface area contributed by atoms with Gasteiger partial charge in [-0.3, -0.25) is 4.79 Å². The van der Waals surface area contributed by atoms with Gasteiger partial charge in [0.1, 0.15) is 5.01 Å². The third-order valence-corrected chi connectivity index (χ3v) is 5.45. The fraction of sp³-hybridized carbons (Fsp3) is 0. The fourth-order valence-corrected chi connectivity index (χ4v) is 4.12. The molecule has 0 radical (unpaired) electrons. The van der Waals surface area contributed by atoms with Gasteiger partial charge in [0, 0.05) is 11.6 Å². The second-order valence-corrected chi connectivity index (χ2v) is 7.22. The van der Waals surface area contributed by atoms with Gasteiger partial charge < -0.3 is 5.32 Å². The number of anilines is 1. The van der Waals surface area contributed by atoms with E-state index in [1.165, 1.54) is 0 Å². The van der Waals surface area contributed by atoms with Crippen LogP contribution in [0, 0.1) is 0 Å². The van der Waals surface area contributed by atoms with Gasteiger partial charge in [-0.05, 0) is 52.7 Å². The molecular weight excluding hydrogens is 348 g/mol. The third kappa shape index (κ3) is 3.52. The van der Waals surface area contributed by atoms with Crippen LogP contribution in [-0.4, -0.2) is 10.9 Å². The Balaban J connectivity index is 1.61. The van der Waals surface area contributed by atoms with E-state index in [1.807, 2.05) is 65.4 Å². The number of aromatic nitrogens is 1. The first-order valence-electron chi connectivity index (χ1n) is 7.76. The van der Waals surface area contributed by atoms with Crippen LogP contribution < -0.4 is 5.32 Å². The van der Waals surface area contributed by atoms with Crippen molar-refractivity contribution in [1.29, 1.82) is 0 Å². The number of fused-ring (bicyclic) bond motifs is 1. The molecule has 2 aromatic carbocycles. The van der Waals surface area contributed by atoms with Gasteiger partial charge in [-0.15, -0.1) is 11.3 Å². The number of carbonyl (C=O) groups is 1. The number of thiazole rings is 1. The molecule has 1 amide bonds. The number of nitrogens with zero attached hydrogens (tertiary/aromatic N) is 1. The van der Waals surface area contributed by atoms with Gasteiger partial charge in [0.05, 0.1) is 15.9 Å². The topological polar surface area (TPSA) is 42.0 Å². The van der Waals surface area contributed by atoms with E-state index in [4.69, 9.17) is 0 Å². The summed E-state index contributed by atoms with van der Waals surface area (Å²) in [7, 11) is 0. The lowest BCUT2D eigenvalue weighted by atomic mass is 10.2. The molecule has 0 bridgehead atoms. The van der Waals surface area contributed by atoms with Crippen molar-refractivity contribution in [3.8, 4) is 10.6 Å². The quantitative estimate of drug-likeness (QED) is 0.475. The zero-order valence-electron chi connectivity index (χ0n) is 13.2. The van der Waals surface area contributed by atoms with Gasteiger partial charge in [-0.2, -0.15) is 11.3 Å². The summed E-state index contributed by atoms with van der Waals surface area (Å²) >= 11 is 3.23. The number of thiophene rings is 1. The van der Waals surface area contributed by atoms with Crippen molar-refractivity contribution in [3.63, 3.8) is 0 Å². The van der Waals surface area contributed by atoms with Gasteiger partial charge in [0.2, 0.25) is 5.91 Å². The molecule has 4 rings (SSSR count). The molecule has 0 saturated heterocycles. The van der Waals surface area contributed by atoms with E-state index in [2.05, 4.69) is 16.4 Å². The number of rotatable bonds is 4. The zero-order chi connectivity index (χ0) is 17.1. The van der Waals surface area contributed by atoms with E-state index in [0.29, 0.717) is 0 Å². The minimum absolute atomic E-state index is 0.153. The van der Waals surface area contributed by atoms with Crippen LogP contribution in [0.1, 0.15) is 5.56 Å². The number of para-hydroxylation sites is 2. The molecule has 0 atom stereocenters. The van der Waals surface area contributed by atoms with Crippen molar-refractivity contribution in [1.82, 2.24) is 4.98 Å². The number of nitrogens with one attached hydrogen (secondary N) is 1. The van der Waals surface area contributed by atoms with Crippen LogP contribution in [0.5, 0.6) is 0 Å². The van der Waals surface area contributed by atoms with Gasteiger partial charge in [-0.1, -0.05) is 24.3 Å². The highest BCUT2D eigenvalue weighted by atomic mass is 32.1. The van der Waals surface area contributed by atoms with Crippen molar-refractivity contribution in [2.45, 2.75) is 0 Å². The van der Waals surface area contributed by atoms with Crippen LogP contribution in [-0.2, 0) is 4.79 Å². The molecule has 3 nitrogen and oxygen atoms in total. The number of hydrogen-bond donors (Lipinski definition) is 1. The van der Waals surface area contributed by atoms with Crippen LogP contribution in [0.3, 0.4) is 0 Å². The Bertz CT molecular complexity index is 1020. The maximum atomic E-state index is 12.3. The first-order valence-corrected chi connectivity index (χ1v) is 9.52. The summed E-state index contributed by atoms with van der Waals surface area (Å²) in [6, 6.07) is 17.8. The van der Waals surface area contributed by atoms with Crippen molar-refractivity contribution in [2.75, 3.05) is 5.32 Å². The number of carbonyl (C=O) groups excluding carboxylic acids is 1. The Hall–Kier alpha value is -2.76. The molecule has 0 unspecified atom stereocenters. The summed E-state index contributed by atoms with van der Waals surface area (Å²) in [5.74, 6) is -0.153. The lowest BCUT2D eigenvalue weighted by Crippen LogP contribution is -2.08. The maximum absolute atomic E-state index is 12.3. The largest absolute Gasteiger partial charge is 0.322 e. The lowest BCUT2D eigenvalue weighted by Gasteiger charge is -2.07. The Kier molecular flexibility index (Phi) is 4.41. The van der Waals surface area contributed by atoms with E-state index >= 15 is 0 Å². The summed E-state index contributed by atoms with van der Waals surface area (Å²) in [6.45, 7) is 0. The minimum Gasteiger partial charge on any atom is -0.322 e. The second-order valence-electron chi connectivity index (χ2n) is 5.41. The normalized spacial score (nSPS) is 11.2. The van der Waals surface area contributed by atoms with Crippen molar-refractivity contribution in [3.05, 3.63) is 77.0 Å². The van der Waals surface area contributed by atoms with E-state index in [-0.39, 0.29) is 5.91 Å². The third-order valence-electron chi connectivity index (χ3n) is 3.68. The number of benzene rings is 2. The average molecular weight is 362 g/mol. The van der Waals surface area contributed by atoms with Crippen LogP contribution in [0.25, 0.3) is 26.9 Å². The lowest BCUT2D eigenvalue weighted by molar-refractivity contribution is -0.111. The highest BCUT2D eigenvalue weighted by Crippen LogP contribution is 2.34. The molecule has 5 heteroatoms. The molecule has 4 aromatic rings. The van der Waals surface area contributed by atoms with E-state index < -0.39 is 0 Å². The van der Waals surface area contributed by atoms with Gasteiger partial charge in [-0.25, -0.2) is 4.98 Å². The molecule has 0 saturated carbocycles. The summed E-state index contributed by atoms with van der Waals surface area (Å²) < 4.78 is 1.14. The second kappa shape index (κ2) is 7.01. The fourth-order valence-electron chi connectivity index (χ4n) is 2.48. The first kappa shape index (κ1) is 15.7. The highest BCUT2D eigenvalue weighted by molar-refractivity contribution is 7.21. The number of amides is 1. The summed E-state index contributed by atoms with van der Waals surface area (Å²) in [4.78, 5) is 16.9. The van der Waals surface area contributed by atoms with Crippen molar-refractivity contribution in [2.24, 2.45) is 0 Å². The van der Waals surface area contributed by atoms with Crippen molar-refractivity contribution >= 4 is 50.6 Å². The van der Waals surface area contributed by atoms with Crippen LogP contribution in [0.4, 0.5) is 5.69 Å². The van der Waals surface area contributed by atoms with E-state index in [1.54, 1.807) is 28.7 Å². The van der Waals surface area contributed by atoms with Crippen LogP contribution >= 0.6 is 22.7 Å². The molecule has 25 heavy (non-hydrogen) atoms. The van der Waals surface area contributed by atoms with E-state index in [9.17, 15) is 4.79 Å². The van der Waals surface area contributed by atoms with Crippen LogP contribution in [0.2, 0.25) is 0 Å². The minimum atomic E-state index is -0.153. The van der Waals surface area contributed by atoms with Crippen molar-refractivity contribution < 1.29 is 4.79 Å². The Morgan fingerprint density at radius 1 is 1.04 bits per heavy atom. The summed E-state index contributed by atoms with van der Waals surface area (Å²) in [5.41, 5.74) is 3.70. The molecule has 122 valence electrons. The highest BCUT2D eigenvalue weighted by Gasteiger charge is 2.11. The van der Waals surface area contributed by atoms with Gasteiger partial charge in [0.15, 0.2) is 0 Å². The van der Waals surface area contributed by atoms with Gasteiger partial charge in [0.25, 0.3) is 0 Å². The first-order chi connectivity index (χ1) is 12.3. The molecule has 2 aromatic heterocycles. The predicted molar refractivity (Wildman–Crippen MR) is 107 cm³/mol. The average Bonchev–Trinajstić information content (AvgIpc) is 3.30. The smallest absolute Gasteiger partial charge is 0.248 e. The van der Waals surface area contributed by atoms with Gasteiger partial charge >= 0.3 is 0 Å². The summed E-state index contributed by atoms with van der Waals surface area (Å²) in [6.07, 6.45) is 3.36. The molecule has 0 aliphatic rings. The Morgan fingerprint density at radius 2 is 1.88 bits per heavy atom. The molecule has 1 N–H and O–H groups in total. The Morgan fingerprint density at radius 3 is 2.72 bits per heavy atom. The Labute approximate surface area is 153 Å².